The van der Waals surface area contributed by atoms with Gasteiger partial charge >= 0.3 is 0 Å². The number of anilines is 1. The summed E-state index contributed by atoms with van der Waals surface area (Å²) in [6, 6.07) is 8.28. The number of aromatic nitrogens is 2. The molecule has 3 N–H and O–H groups in total. The summed E-state index contributed by atoms with van der Waals surface area (Å²) >= 11 is 1.21. The van der Waals surface area contributed by atoms with E-state index in [2.05, 4.69) is 25.9 Å². The zero-order valence-electron chi connectivity index (χ0n) is 13.3. The van der Waals surface area contributed by atoms with Crippen molar-refractivity contribution in [3.63, 3.8) is 0 Å². The SMILES string of the molecule is CC1N=C(C(=O)NCc2nnc(CO)s2)NN(c2ccccc2)C1=O. The van der Waals surface area contributed by atoms with Gasteiger partial charge in [-0.15, -0.1) is 10.2 Å². The maximum absolute atomic E-state index is 12.3. The molecular formula is C15H16N6O3S. The molecule has 2 aromatic rings. The van der Waals surface area contributed by atoms with Crippen LogP contribution in [0.1, 0.15) is 16.9 Å². The van der Waals surface area contributed by atoms with Gasteiger partial charge in [0.15, 0.2) is 0 Å². The number of carbonyl (C=O) groups excluding carboxylic acids is 2. The number of carbonyl (C=O) groups is 2. The Labute approximate surface area is 147 Å². The number of amidine groups is 1. The highest BCUT2D eigenvalue weighted by molar-refractivity contribution is 7.11. The Kier molecular flexibility index (Phi) is 5.00. The van der Waals surface area contributed by atoms with E-state index in [9.17, 15) is 9.59 Å². The van der Waals surface area contributed by atoms with Gasteiger partial charge in [0.25, 0.3) is 11.8 Å². The number of hydrogen-bond donors (Lipinski definition) is 3. The Hall–Kier alpha value is -2.85. The van der Waals surface area contributed by atoms with Gasteiger partial charge in [-0.2, -0.15) is 0 Å². The zero-order valence-corrected chi connectivity index (χ0v) is 14.2. The highest BCUT2D eigenvalue weighted by Crippen LogP contribution is 2.16. The summed E-state index contributed by atoms with van der Waals surface area (Å²) in [5, 5.41) is 21.6. The molecule has 1 atom stereocenters. The van der Waals surface area contributed by atoms with Crippen molar-refractivity contribution < 1.29 is 14.7 Å². The molecule has 0 aliphatic carbocycles. The van der Waals surface area contributed by atoms with E-state index in [0.717, 1.165) is 0 Å². The second kappa shape index (κ2) is 7.36. The lowest BCUT2D eigenvalue weighted by atomic mass is 10.2. The lowest BCUT2D eigenvalue weighted by Crippen LogP contribution is -2.57. The summed E-state index contributed by atoms with van der Waals surface area (Å²) in [5.74, 6) is -0.664. The monoisotopic (exact) mass is 360 g/mol. The van der Waals surface area contributed by atoms with E-state index in [1.54, 1.807) is 31.2 Å². The predicted molar refractivity (Wildman–Crippen MR) is 91.6 cm³/mol. The molecule has 2 heterocycles. The molecule has 1 aromatic carbocycles. The molecular weight excluding hydrogens is 344 g/mol. The third-order valence-corrected chi connectivity index (χ3v) is 4.30. The minimum atomic E-state index is -0.676. The minimum absolute atomic E-state index is 0.0443. The molecule has 1 unspecified atom stereocenters. The van der Waals surface area contributed by atoms with E-state index < -0.39 is 11.9 Å². The van der Waals surface area contributed by atoms with Crippen molar-refractivity contribution in [3.8, 4) is 0 Å². The molecule has 0 bridgehead atoms. The Balaban J connectivity index is 1.69. The van der Waals surface area contributed by atoms with Crippen LogP contribution in [0.4, 0.5) is 5.69 Å². The standard InChI is InChI=1S/C15H16N6O3S/c1-9-15(24)21(10-5-3-2-4-6-10)20-13(17-9)14(23)16-7-11-18-19-12(8-22)25-11/h2-6,9,22H,7-8H2,1H3,(H,16,23)(H,17,20). The minimum Gasteiger partial charge on any atom is -0.389 e. The summed E-state index contributed by atoms with van der Waals surface area (Å²) in [6.45, 7) is 1.60. The van der Waals surface area contributed by atoms with Crippen LogP contribution >= 0.6 is 11.3 Å². The number of nitrogens with zero attached hydrogens (tertiary/aromatic N) is 4. The van der Waals surface area contributed by atoms with Crippen LogP contribution < -0.4 is 15.8 Å². The topological polar surface area (TPSA) is 120 Å². The fourth-order valence-electron chi connectivity index (χ4n) is 2.17. The number of nitrogens with one attached hydrogen (secondary N) is 2. The van der Waals surface area contributed by atoms with Gasteiger partial charge in [0.2, 0.25) is 5.84 Å². The number of para-hydroxylation sites is 1. The molecule has 0 fully saturated rings. The van der Waals surface area contributed by atoms with E-state index in [1.165, 1.54) is 16.3 Å². The maximum atomic E-state index is 12.3. The first-order valence-corrected chi connectivity index (χ1v) is 8.34. The van der Waals surface area contributed by atoms with E-state index in [1.807, 2.05) is 6.07 Å². The van der Waals surface area contributed by atoms with E-state index in [0.29, 0.717) is 15.7 Å². The number of hydrogen-bond acceptors (Lipinski definition) is 8. The number of amides is 2. The molecule has 25 heavy (non-hydrogen) atoms. The van der Waals surface area contributed by atoms with Crippen molar-refractivity contribution in [1.82, 2.24) is 20.9 Å². The third kappa shape index (κ3) is 3.80. The molecule has 130 valence electrons. The van der Waals surface area contributed by atoms with E-state index in [-0.39, 0.29) is 24.9 Å². The number of benzene rings is 1. The van der Waals surface area contributed by atoms with E-state index >= 15 is 0 Å². The molecule has 1 aliphatic heterocycles. The van der Waals surface area contributed by atoms with Gasteiger partial charge in [-0.05, 0) is 19.1 Å². The molecule has 0 saturated heterocycles. The van der Waals surface area contributed by atoms with Crippen LogP contribution in [0.3, 0.4) is 0 Å². The Bertz CT molecular complexity index is 807. The van der Waals surface area contributed by atoms with E-state index in [4.69, 9.17) is 5.11 Å². The molecule has 0 saturated carbocycles. The highest BCUT2D eigenvalue weighted by Gasteiger charge is 2.30. The Morgan fingerprint density at radius 1 is 1.32 bits per heavy atom. The van der Waals surface area contributed by atoms with Gasteiger partial charge < -0.3 is 10.4 Å². The summed E-state index contributed by atoms with van der Waals surface area (Å²) in [5.41, 5.74) is 3.37. The molecule has 1 aromatic heterocycles. The van der Waals surface area contributed by atoms with Crippen LogP contribution in [-0.2, 0) is 22.7 Å². The highest BCUT2D eigenvalue weighted by atomic mass is 32.1. The van der Waals surface area contributed by atoms with Crippen LogP contribution in [0.15, 0.2) is 35.3 Å². The smallest absolute Gasteiger partial charge is 0.288 e. The maximum Gasteiger partial charge on any atom is 0.288 e. The third-order valence-electron chi connectivity index (χ3n) is 3.39. The molecule has 2 amide bonds. The molecule has 0 radical (unpaired) electrons. The number of rotatable bonds is 5. The first-order valence-electron chi connectivity index (χ1n) is 7.52. The van der Waals surface area contributed by atoms with Crippen LogP contribution in [-0.4, -0.2) is 39.0 Å². The predicted octanol–water partition coefficient (Wildman–Crippen LogP) is -0.0150. The van der Waals surface area contributed by atoms with Gasteiger partial charge in [-0.1, -0.05) is 29.5 Å². The Morgan fingerprint density at radius 2 is 2.04 bits per heavy atom. The van der Waals surface area contributed by atoms with Crippen molar-refractivity contribution in [1.29, 1.82) is 0 Å². The van der Waals surface area contributed by atoms with Crippen LogP contribution in [0, 0.1) is 0 Å². The van der Waals surface area contributed by atoms with Crippen molar-refractivity contribution in [2.75, 3.05) is 5.01 Å². The van der Waals surface area contributed by atoms with Crippen LogP contribution in [0.25, 0.3) is 0 Å². The fraction of sp³-hybridized carbons (Fsp3) is 0.267. The lowest BCUT2D eigenvalue weighted by molar-refractivity contribution is -0.120. The summed E-state index contributed by atoms with van der Waals surface area (Å²) in [6.07, 6.45) is 0. The van der Waals surface area contributed by atoms with Crippen molar-refractivity contribution in [3.05, 3.63) is 40.3 Å². The summed E-state index contributed by atoms with van der Waals surface area (Å²) in [4.78, 5) is 28.7. The van der Waals surface area contributed by atoms with Gasteiger partial charge in [0.05, 0.1) is 18.8 Å². The van der Waals surface area contributed by atoms with Crippen LogP contribution in [0.2, 0.25) is 0 Å². The molecule has 9 nitrogen and oxygen atoms in total. The quantitative estimate of drug-likeness (QED) is 0.690. The second-order valence-electron chi connectivity index (χ2n) is 5.21. The molecule has 0 spiro atoms. The largest absolute Gasteiger partial charge is 0.389 e. The van der Waals surface area contributed by atoms with Crippen molar-refractivity contribution in [2.45, 2.75) is 26.1 Å². The molecule has 1 aliphatic rings. The second-order valence-corrected chi connectivity index (χ2v) is 6.35. The van der Waals surface area contributed by atoms with Gasteiger partial charge in [-0.25, -0.2) is 10.0 Å². The first-order chi connectivity index (χ1) is 12.1. The van der Waals surface area contributed by atoms with Crippen molar-refractivity contribution in [2.24, 2.45) is 4.99 Å². The van der Waals surface area contributed by atoms with Gasteiger partial charge in [0, 0.05) is 0 Å². The number of aliphatic hydroxyl groups excluding tert-OH is 1. The fourth-order valence-corrected chi connectivity index (χ4v) is 2.81. The zero-order chi connectivity index (χ0) is 17.8. The number of aliphatic imine (C=N–C) groups is 1. The van der Waals surface area contributed by atoms with Gasteiger partial charge in [0.1, 0.15) is 16.1 Å². The normalized spacial score (nSPS) is 17.0. The van der Waals surface area contributed by atoms with Crippen molar-refractivity contribution >= 4 is 34.7 Å². The average molecular weight is 360 g/mol. The molecule has 10 heteroatoms. The van der Waals surface area contributed by atoms with Crippen LogP contribution in [0.5, 0.6) is 0 Å². The number of hydrazine groups is 1. The number of aliphatic hydroxyl groups is 1. The average Bonchev–Trinajstić information content (AvgIpc) is 3.10. The summed E-state index contributed by atoms with van der Waals surface area (Å²) < 4.78 is 0. The Morgan fingerprint density at radius 3 is 2.72 bits per heavy atom. The lowest BCUT2D eigenvalue weighted by Gasteiger charge is -2.30. The van der Waals surface area contributed by atoms with Gasteiger partial charge in [-0.3, -0.25) is 15.0 Å². The summed E-state index contributed by atoms with van der Waals surface area (Å²) in [7, 11) is 0. The molecule has 3 rings (SSSR count). The first kappa shape index (κ1) is 17.0.